The molecule has 0 saturated carbocycles. The molecule has 0 aliphatic rings. The minimum atomic E-state index is -4.37. The minimum Gasteiger partial charge on any atom is -0.198 e. The average molecular weight is 211 g/mol. The van der Waals surface area contributed by atoms with E-state index in [1.54, 1.807) is 0 Å². The summed E-state index contributed by atoms with van der Waals surface area (Å²) in [6, 6.07) is 1.27. The van der Waals surface area contributed by atoms with Gasteiger partial charge in [-0.15, -0.1) is 0 Å². The fourth-order valence-electron chi connectivity index (χ4n) is 0.653. The van der Waals surface area contributed by atoms with Gasteiger partial charge in [-0.1, -0.05) is 13.3 Å². The van der Waals surface area contributed by atoms with Gasteiger partial charge in [0.2, 0.25) is 0 Å². The molecule has 0 heterocycles. The first-order chi connectivity index (χ1) is 6.02. The van der Waals surface area contributed by atoms with E-state index in [-0.39, 0.29) is 5.75 Å². The van der Waals surface area contributed by atoms with Gasteiger partial charge in [-0.25, -0.2) is 0 Å². The number of nitrogens with zero attached hydrogens (tertiary/aromatic N) is 1. The average Bonchev–Trinajstić information content (AvgIpc) is 2.02. The maximum Gasteiger partial charge on any atom is 0.405 e. The van der Waals surface area contributed by atoms with E-state index < -0.39 is 12.1 Å². The molecule has 0 aliphatic carbocycles. The highest BCUT2D eigenvalue weighted by atomic mass is 32.2. The van der Waals surface area contributed by atoms with Crippen molar-refractivity contribution in [3.63, 3.8) is 0 Å². The van der Waals surface area contributed by atoms with Gasteiger partial charge < -0.3 is 0 Å². The summed E-state index contributed by atoms with van der Waals surface area (Å²) in [5.74, 6) is -1.25. The van der Waals surface area contributed by atoms with Crippen molar-refractivity contribution in [2.24, 2.45) is 5.92 Å². The number of alkyl halides is 3. The van der Waals surface area contributed by atoms with E-state index in [2.05, 4.69) is 0 Å². The van der Waals surface area contributed by atoms with Gasteiger partial charge in [0.25, 0.3) is 0 Å². The molecule has 0 rings (SSSR count). The summed E-state index contributed by atoms with van der Waals surface area (Å²) in [5.41, 5.74) is 0. The monoisotopic (exact) mass is 211 g/mol. The zero-order chi connectivity index (χ0) is 10.3. The van der Waals surface area contributed by atoms with Gasteiger partial charge in [-0.05, 0) is 12.2 Å². The molecule has 1 nitrogen and oxygen atoms in total. The SMILES string of the molecule is CCCCSCC(C#N)C(F)(F)F. The Labute approximate surface area is 80.3 Å². The second-order valence-corrected chi connectivity index (χ2v) is 3.80. The quantitative estimate of drug-likeness (QED) is 0.652. The molecular weight excluding hydrogens is 199 g/mol. The van der Waals surface area contributed by atoms with Crippen LogP contribution in [0.15, 0.2) is 0 Å². The highest BCUT2D eigenvalue weighted by Gasteiger charge is 2.39. The molecule has 5 heteroatoms. The third-order valence-corrected chi connectivity index (χ3v) is 2.62. The van der Waals surface area contributed by atoms with Crippen LogP contribution in [0, 0.1) is 17.2 Å². The normalized spacial score (nSPS) is 13.8. The van der Waals surface area contributed by atoms with Crippen LogP contribution in [0.5, 0.6) is 0 Å². The molecule has 0 aromatic heterocycles. The predicted octanol–water partition coefficient (Wildman–Crippen LogP) is 3.22. The Morgan fingerprint density at radius 3 is 2.46 bits per heavy atom. The summed E-state index contributed by atoms with van der Waals surface area (Å²) >= 11 is 1.19. The first-order valence-corrected chi connectivity index (χ1v) is 5.22. The molecule has 76 valence electrons. The Morgan fingerprint density at radius 2 is 2.08 bits per heavy atom. The van der Waals surface area contributed by atoms with E-state index in [9.17, 15) is 13.2 Å². The Hall–Kier alpha value is -0.370. The summed E-state index contributed by atoms with van der Waals surface area (Å²) < 4.78 is 36.0. The van der Waals surface area contributed by atoms with Gasteiger partial charge in [-0.2, -0.15) is 30.2 Å². The summed E-state index contributed by atoms with van der Waals surface area (Å²) in [4.78, 5) is 0. The van der Waals surface area contributed by atoms with E-state index in [1.165, 1.54) is 17.8 Å². The van der Waals surface area contributed by atoms with E-state index >= 15 is 0 Å². The number of hydrogen-bond donors (Lipinski definition) is 0. The van der Waals surface area contributed by atoms with Crippen LogP contribution >= 0.6 is 11.8 Å². The molecule has 0 amide bonds. The van der Waals surface area contributed by atoms with Crippen LogP contribution in [0.2, 0.25) is 0 Å². The van der Waals surface area contributed by atoms with Gasteiger partial charge in [0.05, 0.1) is 6.07 Å². The van der Waals surface area contributed by atoms with Crippen LogP contribution < -0.4 is 0 Å². The Morgan fingerprint density at radius 1 is 1.46 bits per heavy atom. The summed E-state index contributed by atoms with van der Waals surface area (Å²) in [5, 5.41) is 8.23. The zero-order valence-electron chi connectivity index (χ0n) is 7.40. The van der Waals surface area contributed by atoms with E-state index in [0.29, 0.717) is 5.75 Å². The van der Waals surface area contributed by atoms with Gasteiger partial charge in [0.1, 0.15) is 0 Å². The fraction of sp³-hybridized carbons (Fsp3) is 0.875. The first kappa shape index (κ1) is 12.6. The van der Waals surface area contributed by atoms with E-state index in [4.69, 9.17) is 5.26 Å². The third kappa shape index (κ3) is 5.81. The van der Waals surface area contributed by atoms with E-state index in [0.717, 1.165) is 12.8 Å². The van der Waals surface area contributed by atoms with Crippen molar-refractivity contribution >= 4 is 11.8 Å². The molecule has 0 saturated heterocycles. The summed E-state index contributed by atoms with van der Waals surface area (Å²) in [7, 11) is 0. The van der Waals surface area contributed by atoms with Crippen LogP contribution in [0.4, 0.5) is 13.2 Å². The molecule has 13 heavy (non-hydrogen) atoms. The lowest BCUT2D eigenvalue weighted by Gasteiger charge is -2.11. The topological polar surface area (TPSA) is 23.8 Å². The summed E-state index contributed by atoms with van der Waals surface area (Å²) in [6.07, 6.45) is -2.50. The molecule has 1 atom stereocenters. The van der Waals surface area contributed by atoms with Crippen molar-refractivity contribution < 1.29 is 13.2 Å². The molecule has 0 aliphatic heterocycles. The van der Waals surface area contributed by atoms with Crippen LogP contribution in [-0.2, 0) is 0 Å². The molecule has 0 bridgehead atoms. The molecule has 0 spiro atoms. The van der Waals surface area contributed by atoms with E-state index in [1.807, 2.05) is 6.92 Å². The highest BCUT2D eigenvalue weighted by molar-refractivity contribution is 7.99. The molecule has 0 fully saturated rings. The smallest absolute Gasteiger partial charge is 0.198 e. The number of nitriles is 1. The van der Waals surface area contributed by atoms with Crippen molar-refractivity contribution in [2.75, 3.05) is 11.5 Å². The number of rotatable bonds is 5. The number of unbranched alkanes of at least 4 members (excludes halogenated alkanes) is 1. The highest BCUT2D eigenvalue weighted by Crippen LogP contribution is 2.28. The fourth-order valence-corrected chi connectivity index (χ4v) is 1.81. The maximum absolute atomic E-state index is 12.0. The van der Waals surface area contributed by atoms with Crippen LogP contribution in [-0.4, -0.2) is 17.7 Å². The number of thioether (sulfide) groups is 1. The van der Waals surface area contributed by atoms with Gasteiger partial charge in [0.15, 0.2) is 5.92 Å². The molecule has 0 aromatic rings. The second-order valence-electron chi connectivity index (χ2n) is 2.65. The predicted molar refractivity (Wildman–Crippen MR) is 47.4 cm³/mol. The molecule has 1 unspecified atom stereocenters. The standard InChI is InChI=1S/C8H12F3NS/c1-2-3-4-13-6-7(5-12)8(9,10)11/h7H,2-4,6H2,1H3. The Bertz CT molecular complexity index is 173. The lowest BCUT2D eigenvalue weighted by molar-refractivity contribution is -0.152. The molecule has 0 radical (unpaired) electrons. The van der Waals surface area contributed by atoms with Crippen LogP contribution in [0.25, 0.3) is 0 Å². The Kier molecular flexibility index (Phi) is 5.97. The molecular formula is C8H12F3NS. The molecule has 0 aromatic carbocycles. The minimum absolute atomic E-state index is 0.139. The maximum atomic E-state index is 12.0. The van der Waals surface area contributed by atoms with Crippen molar-refractivity contribution in [1.82, 2.24) is 0 Å². The summed E-state index contributed by atoms with van der Waals surface area (Å²) in [6.45, 7) is 1.98. The molecule has 0 N–H and O–H groups in total. The van der Waals surface area contributed by atoms with Crippen molar-refractivity contribution in [2.45, 2.75) is 25.9 Å². The second kappa shape index (κ2) is 6.14. The van der Waals surface area contributed by atoms with Crippen molar-refractivity contribution in [3.8, 4) is 6.07 Å². The van der Waals surface area contributed by atoms with Crippen LogP contribution in [0.1, 0.15) is 19.8 Å². The Balaban J connectivity index is 3.69. The first-order valence-electron chi connectivity index (χ1n) is 4.06. The van der Waals surface area contributed by atoms with Crippen LogP contribution in [0.3, 0.4) is 0 Å². The third-order valence-electron chi connectivity index (χ3n) is 1.48. The van der Waals surface area contributed by atoms with Gasteiger partial charge in [0, 0.05) is 5.75 Å². The number of halogens is 3. The number of hydrogen-bond acceptors (Lipinski definition) is 2. The lowest BCUT2D eigenvalue weighted by atomic mass is 10.2. The largest absolute Gasteiger partial charge is 0.405 e. The van der Waals surface area contributed by atoms with Gasteiger partial charge >= 0.3 is 6.18 Å². The zero-order valence-corrected chi connectivity index (χ0v) is 8.21. The van der Waals surface area contributed by atoms with Gasteiger partial charge in [-0.3, -0.25) is 0 Å². The van der Waals surface area contributed by atoms with Crippen molar-refractivity contribution in [1.29, 1.82) is 5.26 Å². The lowest BCUT2D eigenvalue weighted by Crippen LogP contribution is -2.23. The van der Waals surface area contributed by atoms with Crippen molar-refractivity contribution in [3.05, 3.63) is 0 Å².